The zero-order chi connectivity index (χ0) is 14.7. The number of carboxylic acids is 1. The van der Waals surface area contributed by atoms with Gasteiger partial charge in [0, 0.05) is 13.1 Å². The molecule has 2 aromatic rings. The van der Waals surface area contributed by atoms with E-state index in [9.17, 15) is 9.90 Å². The fourth-order valence-corrected chi connectivity index (χ4v) is 3.30. The minimum absolute atomic E-state index is 0.666. The topological polar surface area (TPSA) is 40.5 Å². The molecule has 1 aliphatic heterocycles. The minimum atomic E-state index is -0.892. The molecule has 0 spiro atoms. The van der Waals surface area contributed by atoms with Gasteiger partial charge in [0.25, 0.3) is 0 Å². The van der Waals surface area contributed by atoms with Crippen LogP contribution in [0.2, 0.25) is 0 Å². The van der Waals surface area contributed by atoms with Crippen molar-refractivity contribution in [2.75, 3.05) is 6.54 Å². The first-order valence-corrected chi connectivity index (χ1v) is 7.31. The maximum absolute atomic E-state index is 12.1. The number of likely N-dealkylation sites (tertiary alicyclic amines) is 1. The quantitative estimate of drug-likeness (QED) is 0.935. The van der Waals surface area contributed by atoms with Crippen LogP contribution in [0.3, 0.4) is 0 Å². The molecule has 0 saturated carbocycles. The van der Waals surface area contributed by atoms with E-state index in [1.807, 2.05) is 48.5 Å². The van der Waals surface area contributed by atoms with Crippen LogP contribution in [0.25, 0.3) is 0 Å². The molecule has 108 valence electrons. The molecule has 3 nitrogen and oxygen atoms in total. The molecule has 0 radical (unpaired) electrons. The summed E-state index contributed by atoms with van der Waals surface area (Å²) >= 11 is 0. The molecular formula is C18H19NO2. The monoisotopic (exact) mass is 281 g/mol. The highest BCUT2D eigenvalue weighted by atomic mass is 16.4. The second kappa shape index (κ2) is 5.70. The minimum Gasteiger partial charge on any atom is -0.480 e. The van der Waals surface area contributed by atoms with Crippen molar-refractivity contribution in [2.45, 2.75) is 24.9 Å². The molecule has 0 amide bonds. The van der Waals surface area contributed by atoms with E-state index < -0.39 is 11.5 Å². The standard InChI is InChI=1S/C18H19NO2/c20-17(21)18(16-10-5-2-6-11-16)12-7-13-19(18)14-15-8-3-1-4-9-15/h1-6,8-11H,7,12-14H2,(H,20,21)/t18-/m1/s1. The van der Waals surface area contributed by atoms with Gasteiger partial charge >= 0.3 is 5.97 Å². The Kier molecular flexibility index (Phi) is 3.76. The van der Waals surface area contributed by atoms with Crippen molar-refractivity contribution in [2.24, 2.45) is 0 Å². The normalized spacial score (nSPS) is 22.3. The second-order valence-electron chi connectivity index (χ2n) is 5.54. The van der Waals surface area contributed by atoms with Gasteiger partial charge in [-0.25, -0.2) is 4.79 Å². The van der Waals surface area contributed by atoms with E-state index in [4.69, 9.17) is 0 Å². The predicted molar refractivity (Wildman–Crippen MR) is 81.8 cm³/mol. The van der Waals surface area contributed by atoms with E-state index in [1.54, 1.807) is 0 Å². The molecule has 2 aromatic carbocycles. The number of aliphatic carboxylic acids is 1. The molecule has 1 N–H and O–H groups in total. The lowest BCUT2D eigenvalue weighted by Gasteiger charge is -2.35. The van der Waals surface area contributed by atoms with Gasteiger partial charge in [0.2, 0.25) is 0 Å². The summed E-state index contributed by atoms with van der Waals surface area (Å²) in [6, 6.07) is 19.7. The van der Waals surface area contributed by atoms with Crippen LogP contribution in [0, 0.1) is 0 Å². The van der Waals surface area contributed by atoms with E-state index in [0.717, 1.165) is 24.1 Å². The molecule has 1 aliphatic rings. The number of carboxylic acid groups (broad SMARTS) is 1. The summed E-state index contributed by atoms with van der Waals surface area (Å²) in [6.07, 6.45) is 1.58. The summed E-state index contributed by atoms with van der Waals surface area (Å²) in [5.74, 6) is -0.748. The first-order valence-electron chi connectivity index (χ1n) is 7.31. The van der Waals surface area contributed by atoms with Crippen LogP contribution in [0.5, 0.6) is 0 Å². The number of hydrogen-bond acceptors (Lipinski definition) is 2. The Bertz CT molecular complexity index is 612. The Morgan fingerprint density at radius 3 is 2.29 bits per heavy atom. The van der Waals surface area contributed by atoms with Crippen molar-refractivity contribution in [3.8, 4) is 0 Å². The van der Waals surface area contributed by atoms with Gasteiger partial charge in [-0.1, -0.05) is 60.7 Å². The van der Waals surface area contributed by atoms with Crippen LogP contribution in [-0.2, 0) is 16.9 Å². The van der Waals surface area contributed by atoms with Gasteiger partial charge in [0.1, 0.15) is 5.54 Å². The van der Waals surface area contributed by atoms with Gasteiger partial charge in [-0.15, -0.1) is 0 Å². The summed E-state index contributed by atoms with van der Waals surface area (Å²) < 4.78 is 0. The lowest BCUT2D eigenvalue weighted by atomic mass is 9.87. The highest BCUT2D eigenvalue weighted by Gasteiger charge is 2.48. The zero-order valence-electron chi connectivity index (χ0n) is 11.9. The van der Waals surface area contributed by atoms with Gasteiger partial charge in [-0.2, -0.15) is 0 Å². The molecule has 0 aromatic heterocycles. The summed E-state index contributed by atoms with van der Waals surface area (Å²) in [4.78, 5) is 14.2. The highest BCUT2D eigenvalue weighted by Crippen LogP contribution is 2.40. The van der Waals surface area contributed by atoms with Gasteiger partial charge in [0.05, 0.1) is 0 Å². The third-order valence-electron chi connectivity index (χ3n) is 4.33. The zero-order valence-corrected chi connectivity index (χ0v) is 11.9. The fraction of sp³-hybridized carbons (Fsp3) is 0.278. The smallest absolute Gasteiger partial charge is 0.328 e. The number of rotatable bonds is 4. The first kappa shape index (κ1) is 13.8. The van der Waals surface area contributed by atoms with Crippen LogP contribution >= 0.6 is 0 Å². The fourth-order valence-electron chi connectivity index (χ4n) is 3.30. The van der Waals surface area contributed by atoms with Crippen molar-refractivity contribution in [3.05, 3.63) is 71.8 Å². The Labute approximate surface area is 124 Å². The molecule has 1 saturated heterocycles. The third-order valence-corrected chi connectivity index (χ3v) is 4.33. The average molecular weight is 281 g/mol. The van der Waals surface area contributed by atoms with Crippen LogP contribution in [0.15, 0.2) is 60.7 Å². The van der Waals surface area contributed by atoms with Crippen molar-refractivity contribution in [3.63, 3.8) is 0 Å². The molecule has 1 heterocycles. The van der Waals surface area contributed by atoms with Crippen LogP contribution in [-0.4, -0.2) is 22.5 Å². The van der Waals surface area contributed by atoms with Crippen molar-refractivity contribution >= 4 is 5.97 Å². The average Bonchev–Trinajstić information content (AvgIpc) is 2.94. The molecule has 0 bridgehead atoms. The number of carbonyl (C=O) groups is 1. The SMILES string of the molecule is O=C(O)[C@]1(c2ccccc2)CCCN1Cc1ccccc1. The molecule has 1 atom stereocenters. The second-order valence-corrected chi connectivity index (χ2v) is 5.54. The number of hydrogen-bond donors (Lipinski definition) is 1. The summed E-state index contributed by atoms with van der Waals surface area (Å²) in [6.45, 7) is 1.48. The van der Waals surface area contributed by atoms with Crippen molar-refractivity contribution < 1.29 is 9.90 Å². The maximum Gasteiger partial charge on any atom is 0.328 e. The van der Waals surface area contributed by atoms with Gasteiger partial charge in [-0.05, 0) is 24.0 Å². The molecule has 0 aliphatic carbocycles. The Morgan fingerprint density at radius 1 is 1.05 bits per heavy atom. The first-order chi connectivity index (χ1) is 10.2. The maximum atomic E-state index is 12.1. The van der Waals surface area contributed by atoms with Crippen molar-refractivity contribution in [1.29, 1.82) is 0 Å². The van der Waals surface area contributed by atoms with Crippen molar-refractivity contribution in [1.82, 2.24) is 4.90 Å². The van der Waals surface area contributed by atoms with E-state index >= 15 is 0 Å². The van der Waals surface area contributed by atoms with E-state index in [1.165, 1.54) is 0 Å². The molecule has 1 fully saturated rings. The van der Waals surface area contributed by atoms with Crippen LogP contribution in [0.4, 0.5) is 0 Å². The highest BCUT2D eigenvalue weighted by molar-refractivity contribution is 5.81. The molecular weight excluding hydrogens is 262 g/mol. The molecule has 0 unspecified atom stereocenters. The third kappa shape index (κ3) is 2.45. The van der Waals surface area contributed by atoms with E-state index in [0.29, 0.717) is 13.0 Å². The van der Waals surface area contributed by atoms with Gasteiger partial charge in [0.15, 0.2) is 0 Å². The van der Waals surface area contributed by atoms with E-state index in [2.05, 4.69) is 17.0 Å². The van der Waals surface area contributed by atoms with Crippen LogP contribution in [0.1, 0.15) is 24.0 Å². The Morgan fingerprint density at radius 2 is 1.67 bits per heavy atom. The predicted octanol–water partition coefficient (Wildman–Crippen LogP) is 3.26. The Balaban J connectivity index is 1.97. The number of nitrogens with zero attached hydrogens (tertiary/aromatic N) is 1. The summed E-state index contributed by atoms with van der Waals surface area (Å²) in [5, 5.41) is 9.92. The lowest BCUT2D eigenvalue weighted by Crippen LogP contribution is -2.47. The number of benzene rings is 2. The van der Waals surface area contributed by atoms with Gasteiger partial charge in [-0.3, -0.25) is 4.90 Å². The molecule has 3 heteroatoms. The largest absolute Gasteiger partial charge is 0.480 e. The Hall–Kier alpha value is -2.13. The van der Waals surface area contributed by atoms with Crippen LogP contribution < -0.4 is 0 Å². The summed E-state index contributed by atoms with van der Waals surface area (Å²) in [7, 11) is 0. The van der Waals surface area contributed by atoms with Gasteiger partial charge < -0.3 is 5.11 Å². The van der Waals surface area contributed by atoms with E-state index in [-0.39, 0.29) is 0 Å². The molecule has 21 heavy (non-hydrogen) atoms. The molecule has 3 rings (SSSR count). The lowest BCUT2D eigenvalue weighted by molar-refractivity contribution is -0.150. The summed E-state index contributed by atoms with van der Waals surface area (Å²) in [5.41, 5.74) is 1.14.